The summed E-state index contributed by atoms with van der Waals surface area (Å²) in [5.41, 5.74) is 17.8. The molecule has 133 heavy (non-hydrogen) atoms. The van der Waals surface area contributed by atoms with E-state index in [9.17, 15) is 28.8 Å². The summed E-state index contributed by atoms with van der Waals surface area (Å²) in [7, 11) is 22.4. The number of fused-ring (bicyclic) bond motifs is 16. The average Bonchev–Trinajstić information content (AvgIpc) is 1.51. The molecule has 0 aromatic heterocycles. The van der Waals surface area contributed by atoms with Crippen LogP contribution >= 0.6 is 181 Å². The van der Waals surface area contributed by atoms with Crippen LogP contribution in [0.5, 0.6) is 0 Å². The van der Waals surface area contributed by atoms with E-state index in [2.05, 4.69) is 309 Å². The molecule has 0 radical (unpaired) electrons. The van der Waals surface area contributed by atoms with Crippen molar-refractivity contribution >= 4 is 252 Å². The van der Waals surface area contributed by atoms with E-state index in [0.29, 0.717) is 36.1 Å². The normalized spacial score (nSPS) is 24.2. The number of allylic oxidation sites excluding steroid dienone is 12. The van der Waals surface area contributed by atoms with Crippen LogP contribution in [-0.2, 0) is 86.2 Å². The summed E-state index contributed by atoms with van der Waals surface area (Å²) in [6.07, 6.45) is 46.9. The first-order valence-electron chi connectivity index (χ1n) is 42.4. The van der Waals surface area contributed by atoms with Crippen molar-refractivity contribution in [2.75, 3.05) is 20.4 Å². The number of thiocarbonyl (C=S) groups is 1. The molecule has 20 nitrogen and oxygen atoms in total. The Kier molecular flexibility index (Phi) is 34.0. The van der Waals surface area contributed by atoms with Crippen molar-refractivity contribution in [2.45, 2.75) is 204 Å². The molecule has 4 heterocycles. The molecule has 698 valence electrons. The van der Waals surface area contributed by atoms with Crippen molar-refractivity contribution in [2.24, 2.45) is 25.4 Å². The number of ketones is 1. The van der Waals surface area contributed by atoms with Gasteiger partial charge in [0.05, 0.1) is 11.8 Å². The number of amides is 6. The third kappa shape index (κ3) is 20.8. The Balaban J connectivity index is 0.000000149. The van der Waals surface area contributed by atoms with E-state index < -0.39 is 48.8 Å². The van der Waals surface area contributed by atoms with E-state index in [1.54, 1.807) is 29.8 Å². The van der Waals surface area contributed by atoms with Gasteiger partial charge < -0.3 is 27.8 Å². The zero-order valence-electron chi connectivity index (χ0n) is 73.6. The van der Waals surface area contributed by atoms with Crippen LogP contribution in [0.4, 0.5) is 4.79 Å². The minimum absolute atomic E-state index is 0. The van der Waals surface area contributed by atoms with Crippen LogP contribution in [0.1, 0.15) is 201 Å². The topological polar surface area (TPSA) is 315 Å². The van der Waals surface area contributed by atoms with E-state index >= 15 is 0 Å². The van der Waals surface area contributed by atoms with Crippen molar-refractivity contribution in [1.29, 1.82) is 10.5 Å². The molecule has 4 unspecified atom stereocenters. The zero-order valence-corrected chi connectivity index (χ0v) is 92.6. The van der Waals surface area contributed by atoms with Crippen molar-refractivity contribution in [1.82, 2.24) is 37.2 Å². The molecule has 6 aromatic carbocycles. The zero-order chi connectivity index (χ0) is 93.7. The second kappa shape index (κ2) is 42.1. The number of nitrogens with zero attached hydrogens (tertiary/aromatic N) is 8. The number of hydrogen-bond acceptors (Lipinski definition) is 16. The summed E-state index contributed by atoms with van der Waals surface area (Å²) < 4.78 is 9.98. The number of benzene rings is 6. The van der Waals surface area contributed by atoms with Gasteiger partial charge in [0.2, 0.25) is 6.19 Å². The number of nitrogens with two attached hydrogens (primary N) is 1. The number of aliphatic imine (C=N–C) groups is 3. The quantitative estimate of drug-likeness (QED) is 0.0170. The van der Waals surface area contributed by atoms with Crippen LogP contribution in [0, 0.1) is 22.8 Å². The Labute approximate surface area is 875 Å². The van der Waals surface area contributed by atoms with E-state index in [4.69, 9.17) is 70.7 Å². The molecular weight excluding hydrogens is 2360 g/mol. The molecule has 16 aliphatic rings. The molecular formula is C98H103Br6Cl4IN14O6S2SiTi. The molecule has 6 amide bonds. The number of urea groups is 1. The first-order chi connectivity index (χ1) is 61.6. The number of amidine groups is 1. The third-order valence-corrected chi connectivity index (χ3v) is 32.2. The molecule has 10 spiro atoms. The van der Waals surface area contributed by atoms with Crippen molar-refractivity contribution in [3.8, 4) is 12.3 Å². The fraction of sp³-hybridized carbons (Fsp3) is 0.367. The fourth-order valence-electron chi connectivity index (χ4n) is 22.0. The molecule has 9 N–H and O–H groups in total. The summed E-state index contributed by atoms with van der Waals surface area (Å²) >= 11 is 24.6. The summed E-state index contributed by atoms with van der Waals surface area (Å²) in [4.78, 5) is 91.1. The van der Waals surface area contributed by atoms with E-state index in [0.717, 1.165) is 167 Å². The fourth-order valence-corrected chi connectivity index (χ4v) is 25.5. The number of carbonyl (C=O) groups excluding carboxylic acids is 6. The van der Waals surface area contributed by atoms with Gasteiger partial charge in [0.25, 0.3) is 23.6 Å². The monoisotopic (exact) mass is 2450 g/mol. The minimum atomic E-state index is -3.11. The second-order valence-electron chi connectivity index (χ2n) is 36.5. The van der Waals surface area contributed by atoms with Gasteiger partial charge >= 0.3 is 55.6 Å². The van der Waals surface area contributed by atoms with Gasteiger partial charge in [0, 0.05) is 104 Å². The number of carbonyl (C=O) groups is 6. The van der Waals surface area contributed by atoms with E-state index in [1.165, 1.54) is 45.2 Å². The predicted octanol–water partition coefficient (Wildman–Crippen LogP) is 25.1. The molecule has 35 heteroatoms. The number of halogens is 11. The van der Waals surface area contributed by atoms with Gasteiger partial charge in [-0.1, -0.05) is 224 Å². The van der Waals surface area contributed by atoms with Crippen LogP contribution in [0.15, 0.2) is 235 Å². The maximum atomic E-state index is 13.1. The van der Waals surface area contributed by atoms with Crippen molar-refractivity contribution in [3.05, 3.63) is 282 Å². The van der Waals surface area contributed by atoms with Gasteiger partial charge in [-0.15, -0.1) is 24.0 Å². The van der Waals surface area contributed by atoms with Gasteiger partial charge in [-0.05, 0) is 282 Å². The molecule has 0 bridgehead atoms. The number of imide groups is 1. The Hall–Kier alpha value is -6.08. The van der Waals surface area contributed by atoms with Gasteiger partial charge in [-0.2, -0.15) is 15.5 Å². The van der Waals surface area contributed by atoms with Gasteiger partial charge in [-0.25, -0.2) is 14.8 Å². The number of rotatable bonds is 1. The molecule has 6 aromatic rings. The standard InChI is InChI=1S/C17H17BrN2OS.C16H16BrN3O.C15H13BrN2O2.C15H13BrN2OS.C14H11BrN2.C13H11BrO.C5H11NSi.C2H3N.CH4.4ClH.HI.H3N.Ti/c1-20-14(21)17(19-15(20)22-2)10-16(7-3-4-8-16)12-6-5-11(18)9-13(12)17;1-20-13(21)16(19-14(20)18)9-15(6-2-3-7-15)11-5-4-10(17)8-12(11)16;2*16-9-3-4-10-11(7-9)15(12(19)17-13(20)18-15)8-14(10)5-1-2-6-14;15-10-3-4-12-11(7-10)13(17-9-16)8-14(12)5-1-2-6-14;14-9-3-4-11-10(7-9)12(15)8-13(11)5-1-2-6-13;1-5-6-7(2,3)4;1-2-3;;;;;;;;/h3-6,9H,7-8,10H2,1-2H3;2-5,8H,6-7,9H2,1H3,(H2,18,19);2*1-4,7H,5-6,8H2,(H2,17,18,19,20);1-4,7H,5-6,8H2;1-4,7H,5-6,8H2;1H2,2-4H3;1H3;1H4;5*1H;1H3;/q;;;;;;;;;;;;;;;+4/p-4. The third-order valence-electron chi connectivity index (χ3n) is 27.4. The van der Waals surface area contributed by atoms with Crippen LogP contribution in [0.2, 0.25) is 19.6 Å². The van der Waals surface area contributed by atoms with E-state index in [1.807, 2.05) is 55.9 Å². The molecule has 4 aliphatic heterocycles. The Morgan fingerprint density at radius 2 is 0.820 bits per heavy atom. The molecule has 4 atom stereocenters. The molecule has 12 aliphatic carbocycles. The molecule has 0 saturated carbocycles. The first-order valence-corrected chi connectivity index (χ1v) is 60.8. The summed E-state index contributed by atoms with van der Waals surface area (Å²) in [5, 5.41) is 28.6. The van der Waals surface area contributed by atoms with Crippen molar-refractivity contribution < 1.29 is 41.1 Å². The average molecular weight is 2460 g/mol. The van der Waals surface area contributed by atoms with Gasteiger partial charge in [0.15, 0.2) is 41.3 Å². The number of nitriles is 2. The molecule has 2 fully saturated rings. The second-order valence-corrected chi connectivity index (χ2v) is 63.2. The molecule has 2 saturated heterocycles. The number of likely N-dealkylation sites (N-methyl/N-ethyl adjacent to an activating group) is 2. The first kappa shape index (κ1) is 107. The summed E-state index contributed by atoms with van der Waals surface area (Å²) in [5.74, 6) is 3.01. The predicted molar refractivity (Wildman–Crippen MR) is 573 cm³/mol. The Morgan fingerprint density at radius 3 is 1.15 bits per heavy atom. The maximum absolute atomic E-state index is 13.1. The van der Waals surface area contributed by atoms with Crippen LogP contribution in [0.25, 0.3) is 0 Å². The van der Waals surface area contributed by atoms with Crippen LogP contribution < -0.4 is 33.2 Å². The number of hydrogen-bond donors (Lipinski definition) is 6. The van der Waals surface area contributed by atoms with Gasteiger partial charge in [0.1, 0.15) is 11.1 Å². The SMILES string of the molecule is C.C=C=N[Si](C)(C)C.CC#N.CN1C(=O)C2(CC3(CC=CC3)c3ccc(Br)cc32)N=C1N.CSC1=NC2(CC3(CC=CC3)c3ccc(Br)cc32)C(=O)N1C.I.N.N#CN=C1CC2(CC=CC2)c2ccc(Br)cc21.O=C1CC2(CC=CC2)c2ccc(Br)cc21.O=C1NC(=O)C2(CC3(CC=CC3)c3ccc(Br)cc32)N1.O=C1NC(=S)NC12CC1(CC=CC1)c1ccc(Br)cc12.[Cl][Ti]([Cl])([Cl])[Cl]. The Morgan fingerprint density at radius 1 is 0.496 bits per heavy atom. The molecule has 22 rings (SSSR count). The number of nitrogens with one attached hydrogen (secondary N) is 4. The van der Waals surface area contributed by atoms with Crippen LogP contribution in [0.3, 0.4) is 0 Å². The number of Topliss-reactive ketones (excluding diaryl/α,β-unsaturated/α-hetero) is 1. The summed E-state index contributed by atoms with van der Waals surface area (Å²) in [6, 6.07) is 38.7. The number of guanidine groups is 1. The van der Waals surface area contributed by atoms with Gasteiger partial charge in [-0.3, -0.25) is 43.7 Å². The van der Waals surface area contributed by atoms with Crippen LogP contribution in [-0.4, -0.2) is 102 Å². The Bertz CT molecular complexity index is 6010. The summed E-state index contributed by atoms with van der Waals surface area (Å²) in [6.45, 7) is 11.3. The van der Waals surface area contributed by atoms with Crippen molar-refractivity contribution in [3.63, 3.8) is 0 Å². The van der Waals surface area contributed by atoms with E-state index in [-0.39, 0.29) is 93.7 Å². The number of thioether (sulfide) groups is 1.